The minimum atomic E-state index is -0.238. The van der Waals surface area contributed by atoms with Gasteiger partial charge in [-0.05, 0) is 44.0 Å². The lowest BCUT2D eigenvalue weighted by Gasteiger charge is -2.11. The van der Waals surface area contributed by atoms with Crippen molar-refractivity contribution in [2.45, 2.75) is 27.2 Å². The summed E-state index contributed by atoms with van der Waals surface area (Å²) in [5, 5.41) is 0.485. The lowest BCUT2D eigenvalue weighted by molar-refractivity contribution is 0.421. The van der Waals surface area contributed by atoms with Crippen LogP contribution >= 0.6 is 0 Å². The summed E-state index contributed by atoms with van der Waals surface area (Å²) in [6.07, 6.45) is 0.826. The molecule has 2 aromatic carbocycles. The quantitative estimate of drug-likeness (QED) is 0.491. The number of hydrogen-bond acceptors (Lipinski definition) is 5. The zero-order chi connectivity index (χ0) is 19.7. The Balaban J connectivity index is 1.97. The van der Waals surface area contributed by atoms with E-state index in [0.717, 1.165) is 28.9 Å². The average molecular weight is 372 g/mol. The molecule has 0 bridgehead atoms. The van der Waals surface area contributed by atoms with Crippen molar-refractivity contribution in [3.05, 3.63) is 81.8 Å². The van der Waals surface area contributed by atoms with Crippen LogP contribution in [-0.4, -0.2) is 9.97 Å². The van der Waals surface area contributed by atoms with Crippen LogP contribution in [0.4, 0.5) is 0 Å². The molecule has 140 valence electrons. The van der Waals surface area contributed by atoms with Gasteiger partial charge in [-0.3, -0.25) is 4.79 Å². The van der Waals surface area contributed by atoms with Gasteiger partial charge in [0.2, 0.25) is 11.2 Å². The topological polar surface area (TPSA) is 65.2 Å². The summed E-state index contributed by atoms with van der Waals surface area (Å²) in [6.45, 7) is 5.76. The zero-order valence-corrected chi connectivity index (χ0v) is 16.0. The second-order valence-electron chi connectivity index (χ2n) is 6.67. The molecule has 5 nitrogen and oxygen atoms in total. The van der Waals surface area contributed by atoms with E-state index in [4.69, 9.17) is 9.15 Å². The highest BCUT2D eigenvalue weighted by Gasteiger charge is 2.20. The predicted octanol–water partition coefficient (Wildman–Crippen LogP) is 5.22. The van der Waals surface area contributed by atoms with Crippen LogP contribution in [0, 0.1) is 13.8 Å². The van der Waals surface area contributed by atoms with Crippen molar-refractivity contribution in [2.24, 2.45) is 0 Å². The van der Waals surface area contributed by atoms with Gasteiger partial charge in [0.25, 0.3) is 0 Å². The molecule has 0 aliphatic carbocycles. The maximum atomic E-state index is 13.3. The van der Waals surface area contributed by atoms with Crippen LogP contribution in [0.5, 0.6) is 11.8 Å². The van der Waals surface area contributed by atoms with Gasteiger partial charge in [0.1, 0.15) is 5.58 Å². The second-order valence-corrected chi connectivity index (χ2v) is 6.67. The number of nitrogens with zero attached hydrogens (tertiary/aromatic N) is 2. The Labute approximate surface area is 162 Å². The van der Waals surface area contributed by atoms with E-state index >= 15 is 0 Å². The molecule has 4 rings (SSSR count). The summed E-state index contributed by atoms with van der Waals surface area (Å²) in [5.74, 6) is 0.460. The molecule has 0 saturated heterocycles. The minimum absolute atomic E-state index is 0.0944. The fourth-order valence-corrected chi connectivity index (χ4v) is 3.15. The number of hydrogen-bond donors (Lipinski definition) is 0. The molecule has 0 amide bonds. The molecule has 5 heteroatoms. The molecule has 0 aliphatic rings. The van der Waals surface area contributed by atoms with Gasteiger partial charge in [0.05, 0.1) is 5.39 Å². The van der Waals surface area contributed by atoms with Crippen LogP contribution in [-0.2, 0) is 6.42 Å². The largest absolute Gasteiger partial charge is 0.452 e. The molecule has 28 heavy (non-hydrogen) atoms. The summed E-state index contributed by atoms with van der Waals surface area (Å²) >= 11 is 0. The van der Waals surface area contributed by atoms with Gasteiger partial charge in [-0.1, -0.05) is 43.3 Å². The lowest BCUT2D eigenvalue weighted by atomic mass is 10.1. The van der Waals surface area contributed by atoms with E-state index in [1.807, 2.05) is 75.4 Å². The van der Waals surface area contributed by atoms with Crippen molar-refractivity contribution in [3.8, 4) is 23.1 Å². The number of fused-ring (bicyclic) bond motifs is 1. The van der Waals surface area contributed by atoms with Crippen LogP contribution in [0.1, 0.15) is 23.9 Å². The Bertz CT molecular complexity index is 1190. The first kappa shape index (κ1) is 17.9. The predicted molar refractivity (Wildman–Crippen MR) is 109 cm³/mol. The number of ether oxygens (including phenoxy) is 1. The molecule has 0 spiro atoms. The van der Waals surface area contributed by atoms with E-state index in [0.29, 0.717) is 16.7 Å². The van der Waals surface area contributed by atoms with Gasteiger partial charge < -0.3 is 9.15 Å². The van der Waals surface area contributed by atoms with E-state index in [-0.39, 0.29) is 17.2 Å². The smallest absolute Gasteiger partial charge is 0.322 e. The Morgan fingerprint density at radius 3 is 2.36 bits per heavy atom. The van der Waals surface area contributed by atoms with Crippen LogP contribution in [0.3, 0.4) is 0 Å². The Morgan fingerprint density at radius 1 is 0.964 bits per heavy atom. The van der Waals surface area contributed by atoms with Crippen molar-refractivity contribution in [2.75, 3.05) is 0 Å². The molecule has 2 heterocycles. The third-order valence-corrected chi connectivity index (χ3v) is 4.51. The fraction of sp³-hybridized carbons (Fsp3) is 0.174. The highest BCUT2D eigenvalue weighted by Crippen LogP contribution is 2.33. The molecular formula is C23H20N2O3. The minimum Gasteiger partial charge on any atom is -0.452 e. The fourth-order valence-electron chi connectivity index (χ4n) is 3.15. The summed E-state index contributed by atoms with van der Waals surface area (Å²) in [7, 11) is 0. The van der Waals surface area contributed by atoms with Gasteiger partial charge >= 0.3 is 6.01 Å². The van der Waals surface area contributed by atoms with E-state index < -0.39 is 0 Å². The first-order valence-electron chi connectivity index (χ1n) is 9.20. The third-order valence-electron chi connectivity index (χ3n) is 4.51. The van der Waals surface area contributed by atoms with Crippen molar-refractivity contribution in [1.82, 2.24) is 9.97 Å². The van der Waals surface area contributed by atoms with Crippen molar-refractivity contribution >= 4 is 11.0 Å². The zero-order valence-electron chi connectivity index (χ0n) is 16.0. The number of aromatic nitrogens is 2. The first-order chi connectivity index (χ1) is 13.5. The first-order valence-corrected chi connectivity index (χ1v) is 9.20. The van der Waals surface area contributed by atoms with Gasteiger partial charge in [-0.15, -0.1) is 0 Å². The summed E-state index contributed by atoms with van der Waals surface area (Å²) in [6, 6.07) is 17.1. The standard InChI is InChI=1S/C23H20N2O3/c1-4-16-10-11-19-18(13-16)20(26)22(21(27-19)17-8-6-5-7-9-17)28-23-24-14(2)12-15(3)25-23/h5-13H,4H2,1-3H3. The second kappa shape index (κ2) is 7.27. The van der Waals surface area contributed by atoms with E-state index in [1.54, 1.807) is 0 Å². The monoisotopic (exact) mass is 372 g/mol. The Kier molecular flexibility index (Phi) is 4.65. The maximum Gasteiger partial charge on any atom is 0.322 e. The summed E-state index contributed by atoms with van der Waals surface area (Å²) in [4.78, 5) is 21.9. The van der Waals surface area contributed by atoms with E-state index in [1.165, 1.54) is 0 Å². The highest BCUT2D eigenvalue weighted by molar-refractivity contribution is 5.82. The lowest BCUT2D eigenvalue weighted by Crippen LogP contribution is -2.09. The average Bonchev–Trinajstić information content (AvgIpc) is 2.69. The van der Waals surface area contributed by atoms with Gasteiger partial charge in [-0.25, -0.2) is 9.97 Å². The van der Waals surface area contributed by atoms with Crippen molar-refractivity contribution < 1.29 is 9.15 Å². The van der Waals surface area contributed by atoms with Gasteiger partial charge in [0.15, 0.2) is 5.76 Å². The molecule has 4 aromatic rings. The van der Waals surface area contributed by atoms with Crippen molar-refractivity contribution in [3.63, 3.8) is 0 Å². The van der Waals surface area contributed by atoms with Gasteiger partial charge in [0, 0.05) is 17.0 Å². The van der Waals surface area contributed by atoms with Crippen LogP contribution in [0.15, 0.2) is 63.8 Å². The SMILES string of the molecule is CCc1ccc2oc(-c3ccccc3)c(Oc3nc(C)cc(C)n3)c(=O)c2c1. The summed E-state index contributed by atoms with van der Waals surface area (Å²) < 4.78 is 12.0. The molecule has 0 N–H and O–H groups in total. The third kappa shape index (κ3) is 3.39. The number of benzene rings is 2. The molecule has 0 saturated carbocycles. The van der Waals surface area contributed by atoms with E-state index in [9.17, 15) is 4.79 Å². The van der Waals surface area contributed by atoms with Crippen molar-refractivity contribution in [1.29, 1.82) is 0 Å². The highest BCUT2D eigenvalue weighted by atomic mass is 16.5. The van der Waals surface area contributed by atoms with Crippen LogP contribution in [0.25, 0.3) is 22.3 Å². The molecular weight excluding hydrogens is 352 g/mol. The molecule has 0 fully saturated rings. The summed E-state index contributed by atoms with van der Waals surface area (Å²) in [5.41, 5.74) is 3.62. The van der Waals surface area contributed by atoms with Gasteiger partial charge in [-0.2, -0.15) is 0 Å². The Morgan fingerprint density at radius 2 is 1.68 bits per heavy atom. The van der Waals surface area contributed by atoms with Crippen LogP contribution < -0.4 is 10.2 Å². The van der Waals surface area contributed by atoms with E-state index in [2.05, 4.69) is 9.97 Å². The maximum absolute atomic E-state index is 13.3. The normalized spacial score (nSPS) is 11.0. The number of aryl methyl sites for hydroxylation is 3. The number of rotatable bonds is 4. The van der Waals surface area contributed by atoms with Crippen LogP contribution in [0.2, 0.25) is 0 Å². The molecule has 0 atom stereocenters. The molecule has 2 aromatic heterocycles. The molecule has 0 aliphatic heterocycles. The molecule has 0 radical (unpaired) electrons. The molecule has 0 unspecified atom stereocenters. The Hall–Kier alpha value is -3.47.